The number of benzene rings is 1. The van der Waals surface area contributed by atoms with Gasteiger partial charge in [-0.15, -0.1) is 19.0 Å². The van der Waals surface area contributed by atoms with Crippen LogP contribution >= 0.6 is 24.0 Å². The number of phenolic OH excluding ortho intramolecular Hbond substituents is 2. The van der Waals surface area contributed by atoms with Gasteiger partial charge in [-0.2, -0.15) is 0 Å². The van der Waals surface area contributed by atoms with Crippen LogP contribution in [0.1, 0.15) is 114 Å². The molecule has 2 heterocycles. The van der Waals surface area contributed by atoms with E-state index in [1.54, 1.807) is 88.7 Å². The second kappa shape index (κ2) is 45.2. The largest absolute Gasteiger partial charge is 1.00 e. The van der Waals surface area contributed by atoms with Crippen molar-refractivity contribution in [2.24, 2.45) is 47.0 Å². The number of halogens is 3. The van der Waals surface area contributed by atoms with Crippen molar-refractivity contribution in [3.05, 3.63) is 131 Å². The van der Waals surface area contributed by atoms with Crippen LogP contribution < -0.4 is 50.2 Å². The number of nitrogens with one attached hydrogen (secondary N) is 2. The Morgan fingerprint density at radius 1 is 0.766 bits per heavy atom. The van der Waals surface area contributed by atoms with Gasteiger partial charge < -0.3 is 94.4 Å². The van der Waals surface area contributed by atoms with Crippen LogP contribution in [0, 0.1) is 35.5 Å². The van der Waals surface area contributed by atoms with Crippen molar-refractivity contribution in [1.29, 1.82) is 0 Å². The average molecular weight is 1380 g/mol. The Kier molecular flexibility index (Phi) is 42.8. The molecule has 0 fully saturated rings. The number of amides is 4. The third-order valence-electron chi connectivity index (χ3n) is 15.4. The maximum absolute atomic E-state index is 13.6. The molecule has 0 spiro atoms. The molecule has 26 heteroatoms. The number of carbonyl (C=O) groups is 8. The van der Waals surface area contributed by atoms with E-state index in [9.17, 15) is 63.9 Å². The highest BCUT2D eigenvalue weighted by Crippen LogP contribution is 2.41. The molecule has 12 atom stereocenters. The summed E-state index contributed by atoms with van der Waals surface area (Å²) in [5, 5.41) is 62.5. The summed E-state index contributed by atoms with van der Waals surface area (Å²) in [6.07, 6.45) is 14.2. The normalized spacial score (nSPS) is 27.6. The zero-order valence-electron chi connectivity index (χ0n) is 56.5. The molecule has 1 aromatic rings. The van der Waals surface area contributed by atoms with E-state index in [2.05, 4.69) is 23.8 Å². The van der Waals surface area contributed by atoms with Crippen molar-refractivity contribution in [2.75, 3.05) is 39.7 Å². The highest BCUT2D eigenvalue weighted by molar-refractivity contribution is 6.63. The summed E-state index contributed by atoms with van der Waals surface area (Å²) in [6, 6.07) is 1.31. The smallest absolute Gasteiger partial charge is 0.405 e. The number of allylic oxidation sites excluding steroid dienone is 8. The standard InChI is InChI=1S/C31H42N2O7.C30H43N3O7.C4H7ClO.C3H7NO2.2ClH/c1-8-9-13-22-23-15-21(6)29(39-7)26(35)19(4)14-20(5)28(40-31(32)38)17(2)11-10-12-18(3)30(37)33-24(27(23)36)16-25(22)34;1-8-12-32-24-21-14-20(6)28(39-7)25(35)18(4)13-19(5)27(40-30(31)38)16(2)10-9-11-17(3)29(37)33-22(26(21)36)15-23(24)34;1-2-3-4(5)6;1-4-2-3(5)6;;/h8,10-12,14,16-17,19,21,26,28-29,35H,1,9,13,15H2,2-7H3,(H2,32,38)(H,33,37);8-11,13,15-16,18,20,25,27-28,32,34-36H,1,12,14H2,2-7H3,(H2,31,38)(H,33,37);2-3H2,1H3;4H,2H2,1H3,(H,5,6);2*1H/b11-10-,18-12+,20-14+;10-9-,17-11+,19-13+;;;;/t17-,19-,21+,26+,28+,29-;16-,18-,20+,25+,27+,28-;;;;/m00..../s1. The van der Waals surface area contributed by atoms with E-state index in [1.807, 2.05) is 60.6 Å². The van der Waals surface area contributed by atoms with Gasteiger partial charge in [-0.25, -0.2) is 9.59 Å². The number of anilines is 1. The van der Waals surface area contributed by atoms with Crippen molar-refractivity contribution in [1.82, 2.24) is 5.32 Å². The van der Waals surface area contributed by atoms with Gasteiger partial charge in [0.1, 0.15) is 24.5 Å². The number of hydrogen-bond acceptors (Lipinski definition) is 17. The van der Waals surface area contributed by atoms with Crippen molar-refractivity contribution in [3.63, 3.8) is 0 Å². The average Bonchev–Trinajstić information content (AvgIpc) is 0.803. The van der Waals surface area contributed by atoms with Crippen LogP contribution in [0.25, 0.3) is 0 Å². The third kappa shape index (κ3) is 29.2. The fourth-order valence-corrected chi connectivity index (χ4v) is 10.7. The third-order valence-corrected chi connectivity index (χ3v) is 15.6. The Morgan fingerprint density at radius 3 is 1.62 bits per heavy atom. The van der Waals surface area contributed by atoms with Crippen LogP contribution in [-0.4, -0.2) is 138 Å². The highest BCUT2D eigenvalue weighted by atomic mass is 35.5. The molecule has 1 aromatic carbocycles. The number of Topliss-reactive ketones (excluding diaryl/α,β-unsaturated/α-hetero) is 1. The first kappa shape index (κ1) is 88.9. The number of aromatic hydroxyl groups is 2. The van der Waals surface area contributed by atoms with E-state index in [0.717, 1.165) is 6.42 Å². The lowest BCUT2D eigenvalue weighted by molar-refractivity contribution is -0.622. The maximum Gasteiger partial charge on any atom is 0.405 e. The Bertz CT molecular complexity index is 3010. The second-order valence-electron chi connectivity index (χ2n) is 23.1. The van der Waals surface area contributed by atoms with Crippen LogP contribution in [0.4, 0.5) is 21.0 Å². The maximum atomic E-state index is 13.6. The number of quaternary nitrogens is 2. The number of carboxylic acid groups (broad SMARTS) is 1. The molecule has 3 aliphatic rings. The van der Waals surface area contributed by atoms with E-state index in [0.29, 0.717) is 64.9 Å². The molecule has 2 aliphatic heterocycles. The molecule has 4 bridgehead atoms. The number of rotatable bonds is 14. The Balaban J connectivity index is 0. The fourth-order valence-electron chi connectivity index (χ4n) is 10.5. The number of phenols is 2. The van der Waals surface area contributed by atoms with Gasteiger partial charge in [0.25, 0.3) is 11.8 Å². The number of fused-ring (bicyclic) bond motifs is 4. The first-order valence-electron chi connectivity index (χ1n) is 30.5. The van der Waals surface area contributed by atoms with E-state index in [-0.39, 0.29) is 107 Å². The molecule has 0 saturated heterocycles. The minimum Gasteiger partial charge on any atom is -1.00 e. The summed E-state index contributed by atoms with van der Waals surface area (Å²) in [5.74, 6) is -5.24. The number of primary amides is 2. The lowest BCUT2D eigenvalue weighted by atomic mass is 9.81. The second-order valence-corrected chi connectivity index (χ2v) is 23.6. The molecule has 14 N–H and O–H groups in total. The number of ketones is 2. The highest BCUT2D eigenvalue weighted by Gasteiger charge is 2.37. The van der Waals surface area contributed by atoms with Gasteiger partial charge in [-0.05, 0) is 100 Å². The predicted molar refractivity (Wildman–Crippen MR) is 358 cm³/mol. The molecule has 1 aliphatic carbocycles. The molecule has 0 aromatic heterocycles. The molecule has 4 amide bonds. The zero-order chi connectivity index (χ0) is 70.3. The first-order valence-corrected chi connectivity index (χ1v) is 30.9. The van der Waals surface area contributed by atoms with Gasteiger partial charge in [-0.1, -0.05) is 110 Å². The molecule has 0 saturated carbocycles. The minimum absolute atomic E-state index is 0. The molecule has 4 rings (SSSR count). The fraction of sp³-hybridized carbons (Fsp3) is 0.500. The van der Waals surface area contributed by atoms with Crippen LogP contribution in [-0.2, 0) is 54.1 Å². The van der Waals surface area contributed by atoms with Gasteiger partial charge in [0, 0.05) is 78.7 Å². The summed E-state index contributed by atoms with van der Waals surface area (Å²) < 4.78 is 22.2. The number of ether oxygens (including phenoxy) is 4. The quantitative estimate of drug-likeness (QED) is 0.0319. The zero-order valence-corrected chi connectivity index (χ0v) is 58.8. The Hall–Kier alpha value is -7.19. The summed E-state index contributed by atoms with van der Waals surface area (Å²) in [4.78, 5) is 95.1. The summed E-state index contributed by atoms with van der Waals surface area (Å²) in [7, 11) is 4.66. The monoisotopic (exact) mass is 1380 g/mol. The van der Waals surface area contributed by atoms with E-state index in [4.69, 9.17) is 42.0 Å². The van der Waals surface area contributed by atoms with Gasteiger partial charge in [0.2, 0.25) is 11.0 Å². The van der Waals surface area contributed by atoms with Crippen molar-refractivity contribution in [3.8, 4) is 11.5 Å². The number of nitrogens with two attached hydrogens (primary N) is 4. The molecule has 94 heavy (non-hydrogen) atoms. The minimum atomic E-state index is -1.02. The van der Waals surface area contributed by atoms with Gasteiger partial charge in [-0.3, -0.25) is 24.0 Å². The molecular formula is C68H101Cl3N6O17. The number of aliphatic hydroxyl groups excluding tert-OH is 2. The molecule has 23 nitrogen and oxygen atoms in total. The predicted octanol–water partition coefficient (Wildman–Crippen LogP) is 3.08. The van der Waals surface area contributed by atoms with Crippen LogP contribution in [0.5, 0.6) is 11.5 Å². The molecule has 526 valence electrons. The van der Waals surface area contributed by atoms with Gasteiger partial charge in [0.05, 0.1) is 60.9 Å². The summed E-state index contributed by atoms with van der Waals surface area (Å²) >= 11 is 4.94. The Morgan fingerprint density at radius 2 is 1.23 bits per heavy atom. The molecule has 0 unspecified atom stereocenters. The lowest BCUT2D eigenvalue weighted by Crippen LogP contribution is -3.00. The van der Waals surface area contributed by atoms with Crippen LogP contribution in [0.3, 0.4) is 0 Å². The van der Waals surface area contributed by atoms with E-state index < -0.39 is 84.2 Å². The van der Waals surface area contributed by atoms with Crippen molar-refractivity contribution in [2.45, 2.75) is 151 Å². The summed E-state index contributed by atoms with van der Waals surface area (Å²) in [6.45, 7) is 27.7. The van der Waals surface area contributed by atoms with E-state index >= 15 is 0 Å². The number of aliphatic hydroxyl groups is 2. The first-order chi connectivity index (χ1) is 43.2. The van der Waals surface area contributed by atoms with Gasteiger partial charge in [0.15, 0.2) is 17.2 Å². The summed E-state index contributed by atoms with van der Waals surface area (Å²) in [5.41, 5.74) is 14.2. The number of likely N-dealkylation sites (N-methyl/N-ethyl adjacent to an activating group) is 1. The van der Waals surface area contributed by atoms with Crippen LogP contribution in [0.2, 0.25) is 0 Å². The number of hydrogen-bond donors (Lipinski definition) is 10. The number of carbonyl (C=O) groups excluding carboxylic acids is 8. The lowest BCUT2D eigenvalue weighted by Gasteiger charge is -2.32. The van der Waals surface area contributed by atoms with Crippen molar-refractivity contribution >= 4 is 82.2 Å². The van der Waals surface area contributed by atoms with Gasteiger partial charge >= 0.3 is 12.2 Å². The number of carboxylic acids is 1. The molecule has 0 radical (unpaired) electrons. The van der Waals surface area contributed by atoms with E-state index in [1.165, 1.54) is 31.7 Å². The SMILES string of the molecule is C=CCCC1=C2C[C@@H](C)[C@H](OC)[C@H](O)[C@@H](C)/C=C(\C)[C@H](OC(N)=O)[C@@H](C)/C=C\C=C(/C)C(=O)NC(=CC1=O)C2=O.C=CC[NH2+]c1c(O)cc2c(O)c1C[C@@H](C)[C@H](OC)[C@H](O)[C@@H](C)/C=C(\C)[C@H](OC(N)=O)[C@@H](C)/C=C\C=C(/C)C(=O)N2.CCCC(=O)Cl.C[NH2+]CC(=O)[O-].Cl.[Cl-]. The number of methoxy groups -OCH3 is 2. The number of aliphatic carboxylic acids is 1. The molecular weight excluding hydrogens is 1280 g/mol. The van der Waals surface area contributed by atoms with Crippen LogP contribution in [0.15, 0.2) is 125 Å². The Labute approximate surface area is 570 Å². The topological polar surface area (TPSA) is 387 Å². The van der Waals surface area contributed by atoms with Crippen molar-refractivity contribution < 1.29 is 106 Å².